The number of rotatable bonds is 9. The lowest BCUT2D eigenvalue weighted by molar-refractivity contribution is 0.288. The van der Waals surface area contributed by atoms with Gasteiger partial charge in [-0.15, -0.1) is 0 Å². The number of nitrogens with zero attached hydrogens (tertiary/aromatic N) is 1. The molecule has 0 amide bonds. The van der Waals surface area contributed by atoms with Gasteiger partial charge in [0.1, 0.15) is 6.61 Å². The van der Waals surface area contributed by atoms with Gasteiger partial charge in [0.05, 0.1) is 12.9 Å². The quantitative estimate of drug-likeness (QED) is 0.665. The summed E-state index contributed by atoms with van der Waals surface area (Å²) in [6.45, 7) is 9.80. The van der Waals surface area contributed by atoms with Gasteiger partial charge in [-0.3, -0.25) is 0 Å². The number of methoxy groups -OCH3 is 1. The zero-order valence-corrected chi connectivity index (χ0v) is 16.8. The van der Waals surface area contributed by atoms with Crippen molar-refractivity contribution in [1.29, 1.82) is 0 Å². The maximum Gasteiger partial charge on any atom is 0.213 e. The first-order valence-electron chi connectivity index (χ1n) is 9.01. The number of benzene rings is 1. The van der Waals surface area contributed by atoms with Crippen LogP contribution < -0.4 is 14.8 Å². The van der Waals surface area contributed by atoms with Crippen LogP contribution in [0.4, 0.5) is 0 Å². The number of sulfonamides is 1. The zero-order chi connectivity index (χ0) is 19.2. The maximum absolute atomic E-state index is 11.9. The van der Waals surface area contributed by atoms with Gasteiger partial charge in [-0.2, -0.15) is 0 Å². The van der Waals surface area contributed by atoms with Gasteiger partial charge in [-0.1, -0.05) is 12.6 Å². The van der Waals surface area contributed by atoms with Crippen LogP contribution in [0.5, 0.6) is 11.5 Å². The lowest BCUT2D eigenvalue weighted by Crippen LogP contribution is -2.45. The van der Waals surface area contributed by atoms with E-state index in [1.165, 1.54) is 0 Å². The Hall–Kier alpha value is -1.57. The van der Waals surface area contributed by atoms with Gasteiger partial charge in [0.25, 0.3) is 0 Å². The number of hydrogen-bond donors (Lipinski definition) is 1. The molecule has 0 radical (unpaired) electrons. The second-order valence-electron chi connectivity index (χ2n) is 6.69. The van der Waals surface area contributed by atoms with Crippen LogP contribution in [-0.4, -0.2) is 51.3 Å². The molecular formula is C19H30N2O4S. The van der Waals surface area contributed by atoms with Crippen molar-refractivity contribution in [3.63, 3.8) is 0 Å². The number of ether oxygens (including phenoxy) is 2. The average Bonchev–Trinajstić information content (AvgIpc) is 2.65. The molecule has 7 heteroatoms. The molecular weight excluding hydrogens is 352 g/mol. The fourth-order valence-corrected chi connectivity index (χ4v) is 4.06. The van der Waals surface area contributed by atoms with E-state index in [1.807, 2.05) is 25.1 Å². The maximum atomic E-state index is 11.9. The molecule has 1 aromatic rings. The van der Waals surface area contributed by atoms with Crippen molar-refractivity contribution in [1.82, 2.24) is 9.62 Å². The molecule has 0 unspecified atom stereocenters. The topological polar surface area (TPSA) is 67.9 Å². The zero-order valence-electron chi connectivity index (χ0n) is 16.0. The summed E-state index contributed by atoms with van der Waals surface area (Å²) in [4.78, 5) is 0. The van der Waals surface area contributed by atoms with Crippen LogP contribution in [-0.2, 0) is 16.6 Å². The van der Waals surface area contributed by atoms with Gasteiger partial charge < -0.3 is 14.8 Å². The highest BCUT2D eigenvalue weighted by atomic mass is 32.2. The van der Waals surface area contributed by atoms with Gasteiger partial charge in [0, 0.05) is 25.7 Å². The smallest absolute Gasteiger partial charge is 0.213 e. The fourth-order valence-electron chi connectivity index (χ4n) is 2.93. The van der Waals surface area contributed by atoms with Crippen molar-refractivity contribution in [2.24, 2.45) is 0 Å². The van der Waals surface area contributed by atoms with Gasteiger partial charge in [-0.05, 0) is 50.0 Å². The Morgan fingerprint density at radius 1 is 1.31 bits per heavy atom. The SMILES string of the molecule is C=C(C)COc1cc(CNC2CCN(S(=O)(=O)CC)CC2)ccc1OC. The summed E-state index contributed by atoms with van der Waals surface area (Å²) in [5.41, 5.74) is 2.05. The van der Waals surface area contributed by atoms with E-state index in [4.69, 9.17) is 9.47 Å². The lowest BCUT2D eigenvalue weighted by Gasteiger charge is -2.31. The molecule has 1 fully saturated rings. The summed E-state index contributed by atoms with van der Waals surface area (Å²) >= 11 is 0. The fraction of sp³-hybridized carbons (Fsp3) is 0.579. The monoisotopic (exact) mass is 382 g/mol. The molecule has 0 aliphatic carbocycles. The average molecular weight is 383 g/mol. The van der Waals surface area contributed by atoms with Crippen LogP contribution in [0.15, 0.2) is 30.4 Å². The first-order chi connectivity index (χ1) is 12.4. The van der Waals surface area contributed by atoms with E-state index in [0.717, 1.165) is 24.0 Å². The molecule has 0 spiro atoms. The number of hydrogen-bond acceptors (Lipinski definition) is 5. The Kier molecular flexibility index (Phi) is 7.49. The molecule has 2 rings (SSSR count). The van der Waals surface area contributed by atoms with Crippen LogP contribution in [0.1, 0.15) is 32.3 Å². The van der Waals surface area contributed by atoms with Crippen LogP contribution >= 0.6 is 0 Å². The number of nitrogens with one attached hydrogen (secondary N) is 1. The summed E-state index contributed by atoms with van der Waals surface area (Å²) in [5, 5.41) is 3.52. The van der Waals surface area contributed by atoms with Crippen molar-refractivity contribution < 1.29 is 17.9 Å². The highest BCUT2D eigenvalue weighted by Crippen LogP contribution is 2.28. The summed E-state index contributed by atoms with van der Waals surface area (Å²) < 4.78 is 36.5. The minimum atomic E-state index is -3.07. The Morgan fingerprint density at radius 3 is 2.58 bits per heavy atom. The van der Waals surface area contributed by atoms with Crippen molar-refractivity contribution in [2.75, 3.05) is 32.6 Å². The molecule has 26 heavy (non-hydrogen) atoms. The Bertz CT molecular complexity index is 710. The predicted octanol–water partition coefficient (Wildman–Crippen LogP) is 2.55. The molecule has 1 N–H and O–H groups in total. The van der Waals surface area contributed by atoms with Crippen molar-refractivity contribution in [3.05, 3.63) is 35.9 Å². The van der Waals surface area contributed by atoms with Crippen molar-refractivity contribution in [3.8, 4) is 11.5 Å². The minimum absolute atomic E-state index is 0.171. The lowest BCUT2D eigenvalue weighted by atomic mass is 10.1. The van der Waals surface area contributed by atoms with E-state index < -0.39 is 10.0 Å². The second-order valence-corrected chi connectivity index (χ2v) is 8.94. The second kappa shape index (κ2) is 9.39. The first-order valence-corrected chi connectivity index (χ1v) is 10.6. The summed E-state index contributed by atoms with van der Waals surface area (Å²) in [7, 11) is -1.45. The minimum Gasteiger partial charge on any atom is -0.493 e. The third-order valence-electron chi connectivity index (χ3n) is 4.51. The largest absolute Gasteiger partial charge is 0.493 e. The molecule has 146 valence electrons. The van der Waals surface area contributed by atoms with Gasteiger partial charge in [0.2, 0.25) is 10.0 Å². The predicted molar refractivity (Wildman–Crippen MR) is 104 cm³/mol. The van der Waals surface area contributed by atoms with Gasteiger partial charge in [0.15, 0.2) is 11.5 Å². The third-order valence-corrected chi connectivity index (χ3v) is 6.39. The Morgan fingerprint density at radius 2 is 2.00 bits per heavy atom. The van der Waals surface area contributed by atoms with E-state index in [2.05, 4.69) is 11.9 Å². The highest BCUT2D eigenvalue weighted by molar-refractivity contribution is 7.89. The molecule has 6 nitrogen and oxygen atoms in total. The van der Waals surface area contributed by atoms with Gasteiger partial charge in [-0.25, -0.2) is 12.7 Å². The third kappa shape index (κ3) is 5.72. The first kappa shape index (κ1) is 20.7. The van der Waals surface area contributed by atoms with E-state index in [0.29, 0.717) is 43.8 Å². The summed E-state index contributed by atoms with van der Waals surface area (Å²) in [6.07, 6.45) is 1.66. The van der Waals surface area contributed by atoms with E-state index in [1.54, 1.807) is 18.3 Å². The highest BCUT2D eigenvalue weighted by Gasteiger charge is 2.26. The van der Waals surface area contributed by atoms with Crippen molar-refractivity contribution >= 4 is 10.0 Å². The number of piperidine rings is 1. The Balaban J connectivity index is 1.90. The molecule has 1 saturated heterocycles. The van der Waals surface area contributed by atoms with E-state index in [9.17, 15) is 8.42 Å². The molecule has 0 saturated carbocycles. The molecule has 1 aliphatic rings. The standard InChI is InChI=1S/C19H30N2O4S/c1-5-26(22,23)21-10-8-17(9-11-21)20-13-16-6-7-18(24-4)19(12-16)25-14-15(2)3/h6-7,12,17,20H,2,5,8-11,13-14H2,1,3-4H3. The normalized spacial score (nSPS) is 16.4. The van der Waals surface area contributed by atoms with Crippen LogP contribution in [0.2, 0.25) is 0 Å². The van der Waals surface area contributed by atoms with E-state index in [-0.39, 0.29) is 5.75 Å². The van der Waals surface area contributed by atoms with Crippen LogP contribution in [0, 0.1) is 0 Å². The molecule has 1 aromatic carbocycles. The van der Waals surface area contributed by atoms with E-state index >= 15 is 0 Å². The summed E-state index contributed by atoms with van der Waals surface area (Å²) in [5.74, 6) is 1.58. The molecule has 0 bridgehead atoms. The Labute approximate surface area is 157 Å². The van der Waals surface area contributed by atoms with Crippen LogP contribution in [0.25, 0.3) is 0 Å². The van der Waals surface area contributed by atoms with Crippen LogP contribution in [0.3, 0.4) is 0 Å². The molecule has 0 aromatic heterocycles. The summed E-state index contributed by atoms with van der Waals surface area (Å²) in [6, 6.07) is 6.21. The molecule has 1 heterocycles. The van der Waals surface area contributed by atoms with Gasteiger partial charge >= 0.3 is 0 Å². The molecule has 1 aliphatic heterocycles. The van der Waals surface area contributed by atoms with Crippen molar-refractivity contribution in [2.45, 2.75) is 39.3 Å². The molecule has 0 atom stereocenters.